The van der Waals surface area contributed by atoms with E-state index in [0.717, 1.165) is 0 Å². The highest BCUT2D eigenvalue weighted by molar-refractivity contribution is 6.17. The van der Waals surface area contributed by atoms with Crippen molar-refractivity contribution in [3.63, 3.8) is 0 Å². The number of ether oxygens (including phenoxy) is 1. The SMILES string of the molecule is CC(C)(C)c1ccc(Oc2c(F)cccc2CCl)cc1. The Bertz CT molecular complexity index is 585. The molecule has 0 aliphatic rings. The van der Waals surface area contributed by atoms with Gasteiger partial charge in [0.2, 0.25) is 0 Å². The largest absolute Gasteiger partial charge is 0.454 e. The first kappa shape index (κ1) is 14.9. The second kappa shape index (κ2) is 5.84. The molecule has 0 bridgehead atoms. The standard InChI is InChI=1S/C17H18ClFO/c1-17(2,3)13-7-9-14(10-8-13)20-16-12(11-18)5-4-6-15(16)19/h4-10H,11H2,1-3H3. The molecule has 0 spiro atoms. The monoisotopic (exact) mass is 292 g/mol. The van der Waals surface area contributed by atoms with Crippen molar-refractivity contribution >= 4 is 11.6 Å². The molecule has 0 saturated carbocycles. The summed E-state index contributed by atoms with van der Waals surface area (Å²) < 4.78 is 19.4. The van der Waals surface area contributed by atoms with Gasteiger partial charge in [-0.2, -0.15) is 0 Å². The topological polar surface area (TPSA) is 9.23 Å². The Hall–Kier alpha value is -1.54. The first-order chi connectivity index (χ1) is 9.41. The molecule has 0 unspecified atom stereocenters. The van der Waals surface area contributed by atoms with Crippen molar-refractivity contribution < 1.29 is 9.13 Å². The van der Waals surface area contributed by atoms with Crippen LogP contribution in [-0.4, -0.2) is 0 Å². The molecule has 1 nitrogen and oxygen atoms in total. The minimum atomic E-state index is -0.400. The zero-order valence-electron chi connectivity index (χ0n) is 11.9. The third-order valence-corrected chi connectivity index (χ3v) is 3.42. The summed E-state index contributed by atoms with van der Waals surface area (Å²) in [7, 11) is 0. The average molecular weight is 293 g/mol. The van der Waals surface area contributed by atoms with Crippen molar-refractivity contribution in [1.29, 1.82) is 0 Å². The Morgan fingerprint density at radius 1 is 1.05 bits per heavy atom. The van der Waals surface area contributed by atoms with Crippen LogP contribution in [0.5, 0.6) is 11.5 Å². The van der Waals surface area contributed by atoms with Crippen LogP contribution in [0.3, 0.4) is 0 Å². The van der Waals surface area contributed by atoms with Gasteiger partial charge in [0.25, 0.3) is 0 Å². The van der Waals surface area contributed by atoms with Crippen molar-refractivity contribution in [3.05, 3.63) is 59.4 Å². The molecule has 0 heterocycles. The third-order valence-electron chi connectivity index (χ3n) is 3.13. The van der Waals surface area contributed by atoms with Gasteiger partial charge in [-0.3, -0.25) is 0 Å². The Morgan fingerprint density at radius 3 is 2.25 bits per heavy atom. The molecule has 106 valence electrons. The maximum absolute atomic E-state index is 13.8. The number of benzene rings is 2. The number of hydrogen-bond acceptors (Lipinski definition) is 1. The van der Waals surface area contributed by atoms with Crippen LogP contribution < -0.4 is 4.74 Å². The fraction of sp³-hybridized carbons (Fsp3) is 0.294. The van der Waals surface area contributed by atoms with Crippen LogP contribution in [-0.2, 0) is 11.3 Å². The van der Waals surface area contributed by atoms with Gasteiger partial charge in [-0.25, -0.2) is 4.39 Å². The van der Waals surface area contributed by atoms with Gasteiger partial charge in [0.05, 0.1) is 5.88 Å². The first-order valence-electron chi connectivity index (χ1n) is 6.53. The Kier molecular flexibility index (Phi) is 4.34. The van der Waals surface area contributed by atoms with E-state index in [-0.39, 0.29) is 17.0 Å². The highest BCUT2D eigenvalue weighted by Crippen LogP contribution is 2.31. The van der Waals surface area contributed by atoms with E-state index in [0.29, 0.717) is 11.3 Å². The number of halogens is 2. The average Bonchev–Trinajstić information content (AvgIpc) is 2.40. The maximum atomic E-state index is 13.8. The maximum Gasteiger partial charge on any atom is 0.167 e. The van der Waals surface area contributed by atoms with E-state index in [2.05, 4.69) is 20.8 Å². The molecule has 0 aliphatic carbocycles. The van der Waals surface area contributed by atoms with Gasteiger partial charge in [-0.15, -0.1) is 11.6 Å². The van der Waals surface area contributed by atoms with E-state index >= 15 is 0 Å². The minimum Gasteiger partial charge on any atom is -0.454 e. The highest BCUT2D eigenvalue weighted by atomic mass is 35.5. The number of rotatable bonds is 3. The van der Waals surface area contributed by atoms with Gasteiger partial charge >= 0.3 is 0 Å². The molecule has 0 radical (unpaired) electrons. The molecule has 0 saturated heterocycles. The lowest BCUT2D eigenvalue weighted by molar-refractivity contribution is 0.437. The molecular formula is C17H18ClFO. The van der Waals surface area contributed by atoms with Crippen LogP contribution in [0.1, 0.15) is 31.9 Å². The van der Waals surface area contributed by atoms with Crippen molar-refractivity contribution in [3.8, 4) is 11.5 Å². The van der Waals surface area contributed by atoms with Crippen LogP contribution in [0.25, 0.3) is 0 Å². The zero-order chi connectivity index (χ0) is 14.8. The van der Waals surface area contributed by atoms with Crippen LogP contribution in [0, 0.1) is 5.82 Å². The highest BCUT2D eigenvalue weighted by Gasteiger charge is 2.14. The summed E-state index contributed by atoms with van der Waals surface area (Å²) in [6, 6.07) is 12.5. The van der Waals surface area contributed by atoms with E-state index in [1.54, 1.807) is 12.1 Å². The van der Waals surface area contributed by atoms with Crippen molar-refractivity contribution in [2.75, 3.05) is 0 Å². The molecule has 3 heteroatoms. The second-order valence-electron chi connectivity index (χ2n) is 5.74. The molecule has 0 N–H and O–H groups in total. The lowest BCUT2D eigenvalue weighted by atomic mass is 9.87. The smallest absolute Gasteiger partial charge is 0.167 e. The van der Waals surface area contributed by atoms with Crippen LogP contribution in [0.4, 0.5) is 4.39 Å². The summed E-state index contributed by atoms with van der Waals surface area (Å²) >= 11 is 5.81. The zero-order valence-corrected chi connectivity index (χ0v) is 12.7. The van der Waals surface area contributed by atoms with Crippen LogP contribution >= 0.6 is 11.6 Å². The molecule has 0 atom stereocenters. The lowest BCUT2D eigenvalue weighted by Gasteiger charge is -2.19. The molecular weight excluding hydrogens is 275 g/mol. The summed E-state index contributed by atoms with van der Waals surface area (Å²) in [5.41, 5.74) is 1.93. The van der Waals surface area contributed by atoms with E-state index < -0.39 is 5.82 Å². The number of alkyl halides is 1. The summed E-state index contributed by atoms with van der Waals surface area (Å²) in [6.07, 6.45) is 0. The molecule has 2 rings (SSSR count). The second-order valence-corrected chi connectivity index (χ2v) is 6.01. The molecule has 2 aromatic carbocycles. The lowest BCUT2D eigenvalue weighted by Crippen LogP contribution is -2.10. The van der Waals surface area contributed by atoms with Crippen molar-refractivity contribution in [2.45, 2.75) is 32.1 Å². The fourth-order valence-corrected chi connectivity index (χ4v) is 2.12. The third kappa shape index (κ3) is 3.31. The van der Waals surface area contributed by atoms with E-state index in [9.17, 15) is 4.39 Å². The number of para-hydroxylation sites is 1. The fourth-order valence-electron chi connectivity index (χ4n) is 1.91. The molecule has 0 aliphatic heterocycles. The first-order valence-corrected chi connectivity index (χ1v) is 7.07. The van der Waals surface area contributed by atoms with Gasteiger partial charge in [-0.1, -0.05) is 45.0 Å². The van der Waals surface area contributed by atoms with Gasteiger partial charge in [0.1, 0.15) is 5.75 Å². The number of hydrogen-bond donors (Lipinski definition) is 0. The van der Waals surface area contributed by atoms with E-state index in [1.165, 1.54) is 11.6 Å². The van der Waals surface area contributed by atoms with Gasteiger partial charge in [0.15, 0.2) is 11.6 Å². The van der Waals surface area contributed by atoms with Crippen molar-refractivity contribution in [2.24, 2.45) is 0 Å². The Morgan fingerprint density at radius 2 is 1.70 bits per heavy atom. The van der Waals surface area contributed by atoms with Gasteiger partial charge in [0, 0.05) is 5.56 Å². The Labute approximate surface area is 124 Å². The molecule has 0 aromatic heterocycles. The summed E-state index contributed by atoms with van der Waals surface area (Å²) in [6.45, 7) is 6.43. The summed E-state index contributed by atoms with van der Waals surface area (Å²) in [5, 5.41) is 0. The van der Waals surface area contributed by atoms with E-state index in [1.807, 2.05) is 24.3 Å². The Balaban J connectivity index is 2.27. The molecule has 2 aromatic rings. The molecule has 20 heavy (non-hydrogen) atoms. The minimum absolute atomic E-state index is 0.0812. The predicted molar refractivity (Wildman–Crippen MR) is 81.2 cm³/mol. The van der Waals surface area contributed by atoms with Crippen molar-refractivity contribution in [1.82, 2.24) is 0 Å². The van der Waals surface area contributed by atoms with Crippen LogP contribution in [0.15, 0.2) is 42.5 Å². The molecule has 0 fully saturated rings. The van der Waals surface area contributed by atoms with E-state index in [4.69, 9.17) is 16.3 Å². The predicted octanol–water partition coefficient (Wildman–Crippen LogP) is 5.65. The molecule has 0 amide bonds. The van der Waals surface area contributed by atoms with Gasteiger partial charge < -0.3 is 4.74 Å². The normalized spacial score (nSPS) is 11.4. The quantitative estimate of drug-likeness (QED) is 0.664. The van der Waals surface area contributed by atoms with Gasteiger partial charge in [-0.05, 0) is 29.2 Å². The van der Waals surface area contributed by atoms with Crippen LogP contribution in [0.2, 0.25) is 0 Å². The summed E-state index contributed by atoms with van der Waals surface area (Å²) in [4.78, 5) is 0. The summed E-state index contributed by atoms with van der Waals surface area (Å²) in [5.74, 6) is 0.621.